The van der Waals surface area contributed by atoms with Gasteiger partial charge in [-0.2, -0.15) is 0 Å². The van der Waals surface area contributed by atoms with Gasteiger partial charge in [0.25, 0.3) is 0 Å². The third-order valence-corrected chi connectivity index (χ3v) is 16.7. The number of benzene rings is 1. The third-order valence-electron chi connectivity index (χ3n) is 16.7. The molecule has 1 spiro atoms. The molecule has 0 radical (unpaired) electrons. The molecule has 4 aliphatic heterocycles. The van der Waals surface area contributed by atoms with Crippen molar-refractivity contribution >= 4 is 16.7 Å². The standard InChI is InChI=1S/C43H59NO7/c1-21(2)18-29-48-35-34(38(7,8)49-29)47-28-15-16-39(9)40(10)22(14-17-42(39,46)43(28)41(35,11)51-43)19-25-30-24-20-26-31(37(5,6)50-36(26,3)4)32(45)23(24)12-13-27(30)44-33(25)40/h12-13,21-22,26,28-29,31,34-35,44,46H,14-20H2,1-11H3/t22-,26+,28?,29?,31+,34-,35+,39+,40+,41+,42-,43-/m0/s1. The number of hydrogen-bond donors (Lipinski definition) is 2. The second-order valence-electron chi connectivity index (χ2n) is 20.7. The van der Waals surface area contributed by atoms with Crippen molar-refractivity contribution in [1.82, 2.24) is 4.98 Å². The van der Waals surface area contributed by atoms with E-state index in [9.17, 15) is 9.90 Å². The zero-order chi connectivity index (χ0) is 36.3. The Labute approximate surface area is 303 Å². The van der Waals surface area contributed by atoms with E-state index < -0.39 is 33.4 Å². The van der Waals surface area contributed by atoms with Crippen molar-refractivity contribution in [3.8, 4) is 0 Å². The lowest BCUT2D eigenvalue weighted by Gasteiger charge is -2.67. The summed E-state index contributed by atoms with van der Waals surface area (Å²) in [6.45, 7) is 24.1. The molecule has 2 saturated carbocycles. The van der Waals surface area contributed by atoms with E-state index in [2.05, 4.69) is 93.3 Å². The second kappa shape index (κ2) is 9.52. The van der Waals surface area contributed by atoms with E-state index in [4.69, 9.17) is 23.7 Å². The van der Waals surface area contributed by atoms with Crippen LogP contribution >= 0.6 is 0 Å². The summed E-state index contributed by atoms with van der Waals surface area (Å²) in [5.41, 5.74) is 0.813. The molecule has 1 aromatic carbocycles. The highest BCUT2D eigenvalue weighted by Gasteiger charge is 2.92. The summed E-state index contributed by atoms with van der Waals surface area (Å²) in [5.74, 6) is 0.984. The van der Waals surface area contributed by atoms with E-state index in [0.29, 0.717) is 18.3 Å². The molecule has 0 amide bonds. The molecule has 6 fully saturated rings. The molecule has 1 aromatic heterocycles. The number of aliphatic hydroxyl groups is 1. The van der Waals surface area contributed by atoms with Gasteiger partial charge in [-0.05, 0) is 122 Å². The smallest absolute Gasteiger partial charge is 0.169 e. The van der Waals surface area contributed by atoms with E-state index >= 15 is 0 Å². The monoisotopic (exact) mass is 701 g/mol. The molecule has 2 N–H and O–H groups in total. The van der Waals surface area contributed by atoms with Crippen molar-refractivity contribution in [3.05, 3.63) is 34.5 Å². The fraction of sp³-hybridized carbons (Fsp3) is 0.791. The van der Waals surface area contributed by atoms with Gasteiger partial charge in [0, 0.05) is 45.3 Å². The fourth-order valence-corrected chi connectivity index (χ4v) is 14.3. The Kier molecular flexibility index (Phi) is 6.30. The van der Waals surface area contributed by atoms with Crippen molar-refractivity contribution in [2.45, 2.75) is 185 Å². The molecule has 2 unspecified atom stereocenters. The van der Waals surface area contributed by atoms with Gasteiger partial charge in [-0.3, -0.25) is 4.79 Å². The first-order valence-electron chi connectivity index (χ1n) is 20.0. The first-order chi connectivity index (χ1) is 23.7. The topological polar surface area (TPSA) is 103 Å². The van der Waals surface area contributed by atoms with Gasteiger partial charge >= 0.3 is 0 Å². The number of ether oxygens (including phenoxy) is 5. The number of aromatic amines is 1. The molecule has 8 nitrogen and oxygen atoms in total. The van der Waals surface area contributed by atoms with Crippen LogP contribution in [-0.4, -0.2) is 74.1 Å². The van der Waals surface area contributed by atoms with Gasteiger partial charge in [0.05, 0.1) is 28.8 Å². The zero-order valence-corrected chi connectivity index (χ0v) is 32.6. The summed E-state index contributed by atoms with van der Waals surface area (Å²) in [7, 11) is 0. The quantitative estimate of drug-likeness (QED) is 0.316. The highest BCUT2D eigenvalue weighted by atomic mass is 16.8. The maximum Gasteiger partial charge on any atom is 0.169 e. The molecule has 8 aliphatic rings. The van der Waals surface area contributed by atoms with Crippen molar-refractivity contribution < 1.29 is 33.6 Å². The number of aromatic nitrogens is 1. The second-order valence-corrected chi connectivity index (χ2v) is 20.7. The fourth-order valence-electron chi connectivity index (χ4n) is 14.3. The average molecular weight is 702 g/mol. The number of carbonyl (C=O) groups is 1. The lowest BCUT2D eigenvalue weighted by Crippen LogP contribution is -2.79. The Hall–Kier alpha value is -1.81. The van der Waals surface area contributed by atoms with Gasteiger partial charge in [-0.25, -0.2) is 0 Å². The number of ketones is 1. The normalized spacial score (nSPS) is 49.3. The van der Waals surface area contributed by atoms with E-state index in [1.54, 1.807) is 0 Å². The average Bonchev–Trinajstić information content (AvgIpc) is 3.27. The number of carbonyl (C=O) groups excluding carboxylic acids is 1. The van der Waals surface area contributed by atoms with Crippen LogP contribution in [0.25, 0.3) is 10.9 Å². The minimum absolute atomic E-state index is 0.122. The summed E-state index contributed by atoms with van der Waals surface area (Å²) in [6, 6.07) is 4.20. The van der Waals surface area contributed by atoms with Crippen LogP contribution in [-0.2, 0) is 41.9 Å². The van der Waals surface area contributed by atoms with Crippen molar-refractivity contribution in [2.24, 2.45) is 29.1 Å². The summed E-state index contributed by atoms with van der Waals surface area (Å²) in [5, 5.41) is 14.9. The molecule has 10 rings (SSSR count). The minimum Gasteiger partial charge on any atom is -0.386 e. The molecule has 4 saturated heterocycles. The first kappa shape index (κ1) is 33.7. The van der Waals surface area contributed by atoms with Crippen LogP contribution < -0.4 is 0 Å². The minimum atomic E-state index is -1.13. The predicted molar refractivity (Wildman–Crippen MR) is 193 cm³/mol. The summed E-state index contributed by atoms with van der Waals surface area (Å²) >= 11 is 0. The van der Waals surface area contributed by atoms with Gasteiger partial charge in [-0.1, -0.05) is 27.7 Å². The van der Waals surface area contributed by atoms with Crippen LogP contribution in [0.3, 0.4) is 0 Å². The molecule has 4 aliphatic carbocycles. The number of nitrogens with one attached hydrogen (secondary N) is 1. The maximum atomic E-state index is 14.3. The van der Waals surface area contributed by atoms with Crippen LogP contribution in [0.2, 0.25) is 0 Å². The van der Waals surface area contributed by atoms with Crippen LogP contribution in [0, 0.1) is 29.1 Å². The highest BCUT2D eigenvalue weighted by molar-refractivity contribution is 6.06. The molecule has 12 atom stereocenters. The van der Waals surface area contributed by atoms with E-state index in [0.717, 1.165) is 49.6 Å². The molecular formula is C43H59NO7. The Bertz CT molecular complexity index is 1890. The predicted octanol–water partition coefficient (Wildman–Crippen LogP) is 7.34. The molecule has 0 bridgehead atoms. The first-order valence-corrected chi connectivity index (χ1v) is 20.0. The number of epoxide rings is 1. The van der Waals surface area contributed by atoms with Crippen molar-refractivity contribution in [2.75, 3.05) is 0 Å². The lowest BCUT2D eigenvalue weighted by molar-refractivity contribution is -0.363. The molecule has 278 valence electrons. The zero-order valence-electron chi connectivity index (χ0n) is 32.6. The Morgan fingerprint density at radius 3 is 2.33 bits per heavy atom. The van der Waals surface area contributed by atoms with Crippen LogP contribution in [0.4, 0.5) is 0 Å². The largest absolute Gasteiger partial charge is 0.386 e. The Morgan fingerprint density at radius 2 is 1.61 bits per heavy atom. The van der Waals surface area contributed by atoms with Crippen LogP contribution in [0.5, 0.6) is 0 Å². The maximum absolute atomic E-state index is 14.3. The molecule has 5 heterocycles. The van der Waals surface area contributed by atoms with Crippen LogP contribution in [0.1, 0.15) is 135 Å². The molecule has 51 heavy (non-hydrogen) atoms. The van der Waals surface area contributed by atoms with Gasteiger partial charge in [0.2, 0.25) is 0 Å². The Balaban J connectivity index is 1.07. The van der Waals surface area contributed by atoms with Gasteiger partial charge < -0.3 is 33.8 Å². The van der Waals surface area contributed by atoms with E-state index in [1.807, 2.05) is 0 Å². The lowest BCUT2D eigenvalue weighted by atomic mass is 9.40. The summed E-state index contributed by atoms with van der Waals surface area (Å²) in [6.07, 6.45) is 4.55. The molecule has 8 heteroatoms. The number of hydrogen-bond acceptors (Lipinski definition) is 7. The van der Waals surface area contributed by atoms with E-state index in [1.165, 1.54) is 22.2 Å². The van der Waals surface area contributed by atoms with Crippen LogP contribution in [0.15, 0.2) is 12.1 Å². The Morgan fingerprint density at radius 1 is 0.863 bits per heavy atom. The molecular weight excluding hydrogens is 642 g/mol. The summed E-state index contributed by atoms with van der Waals surface area (Å²) in [4.78, 5) is 18.3. The summed E-state index contributed by atoms with van der Waals surface area (Å²) < 4.78 is 34.1. The van der Waals surface area contributed by atoms with Gasteiger partial charge in [0.15, 0.2) is 17.7 Å². The van der Waals surface area contributed by atoms with E-state index in [-0.39, 0.29) is 53.2 Å². The number of rotatable bonds is 2. The number of H-pyrrole nitrogens is 1. The SMILES string of the molecule is CC(C)CC1O[C@@H]2[C@H](OC3CC[C@@]4(C)[C@@](O)(CC[C@H]5Cc6c([nH]c7ccc8c(c67)C[C@@H]6[C@H](C8=O)C(C)(C)OC6(C)C)[C@@]54C)[C@]34O[C@]24C)C(C)(C)O1. The van der Waals surface area contributed by atoms with Gasteiger partial charge in [0.1, 0.15) is 23.4 Å². The highest BCUT2D eigenvalue weighted by Crippen LogP contribution is 2.78. The van der Waals surface area contributed by atoms with Gasteiger partial charge in [-0.15, -0.1) is 0 Å². The van der Waals surface area contributed by atoms with Crippen molar-refractivity contribution in [3.63, 3.8) is 0 Å². The molecule has 2 aromatic rings. The number of fused-ring (bicyclic) bond motifs is 12. The van der Waals surface area contributed by atoms with Crippen molar-refractivity contribution in [1.29, 1.82) is 0 Å². The third kappa shape index (κ3) is 3.63. The number of Topliss-reactive ketones (excluding diaryl/α,β-unsaturated/α-hetero) is 1.